The Hall–Kier alpha value is -2.98. The number of nitrogens with zero attached hydrogens (tertiary/aromatic N) is 3. The molecule has 1 fully saturated rings. The minimum Gasteiger partial charge on any atom is -0.383 e. The van der Waals surface area contributed by atoms with Gasteiger partial charge in [0, 0.05) is 37.8 Å². The second kappa shape index (κ2) is 11.0. The number of methoxy groups -OCH3 is 1. The first-order valence-electron chi connectivity index (χ1n) is 11.6. The highest BCUT2D eigenvalue weighted by Crippen LogP contribution is 2.35. The number of nitrogen functional groups attached to an aromatic ring is 1. The first kappa shape index (κ1) is 25.6. The topological polar surface area (TPSA) is 114 Å². The number of H-pyrrole nitrogens is 1. The van der Waals surface area contributed by atoms with Crippen molar-refractivity contribution in [2.24, 2.45) is 5.92 Å². The molecule has 3 rings (SSSR count). The van der Waals surface area contributed by atoms with E-state index in [4.69, 9.17) is 10.5 Å². The number of hydrogen-bond acceptors (Lipinski definition) is 6. The normalized spacial score (nSPS) is 14.6. The van der Waals surface area contributed by atoms with Crippen LogP contribution in [0.5, 0.6) is 0 Å². The van der Waals surface area contributed by atoms with Crippen molar-refractivity contribution < 1.29 is 13.9 Å². The van der Waals surface area contributed by atoms with Crippen LogP contribution in [0.15, 0.2) is 33.9 Å². The summed E-state index contributed by atoms with van der Waals surface area (Å²) in [5.41, 5.74) is 5.35. The Morgan fingerprint density at radius 3 is 2.53 bits per heavy atom. The van der Waals surface area contributed by atoms with E-state index < -0.39 is 11.2 Å². The van der Waals surface area contributed by atoms with E-state index in [9.17, 15) is 18.8 Å². The fourth-order valence-corrected chi connectivity index (χ4v) is 4.15. The molecule has 0 bridgehead atoms. The van der Waals surface area contributed by atoms with Crippen LogP contribution in [0.1, 0.15) is 45.2 Å². The zero-order chi connectivity index (χ0) is 25.0. The predicted molar refractivity (Wildman–Crippen MR) is 129 cm³/mol. The van der Waals surface area contributed by atoms with Crippen LogP contribution in [0, 0.1) is 11.7 Å². The minimum atomic E-state index is -0.730. The summed E-state index contributed by atoms with van der Waals surface area (Å²) >= 11 is 0. The molecule has 3 N–H and O–H groups in total. The number of rotatable bonds is 11. The monoisotopic (exact) mass is 475 g/mol. The first-order valence-corrected chi connectivity index (χ1v) is 11.6. The van der Waals surface area contributed by atoms with Crippen LogP contribution >= 0.6 is 0 Å². The fraction of sp³-hybridized carbons (Fsp3) is 0.542. The molecule has 1 heterocycles. The molecule has 0 saturated heterocycles. The average Bonchev–Trinajstić information content (AvgIpc) is 3.62. The van der Waals surface area contributed by atoms with Gasteiger partial charge in [-0.05, 0) is 31.7 Å². The lowest BCUT2D eigenvalue weighted by molar-refractivity contribution is -0.120. The van der Waals surface area contributed by atoms with Crippen LogP contribution in [0.3, 0.4) is 0 Å². The van der Waals surface area contributed by atoms with Gasteiger partial charge in [-0.1, -0.05) is 32.0 Å². The molecule has 1 saturated carbocycles. The van der Waals surface area contributed by atoms with Gasteiger partial charge in [0.25, 0.3) is 5.56 Å². The quantitative estimate of drug-likeness (QED) is 0.515. The number of anilines is 2. The Morgan fingerprint density at radius 1 is 1.26 bits per heavy atom. The van der Waals surface area contributed by atoms with E-state index in [1.54, 1.807) is 18.2 Å². The number of nitrogens with one attached hydrogen (secondary N) is 1. The molecule has 1 aromatic carbocycles. The van der Waals surface area contributed by atoms with Crippen molar-refractivity contribution in [3.63, 3.8) is 0 Å². The number of carbonyl (C=O) groups is 1. The Labute approximate surface area is 198 Å². The van der Waals surface area contributed by atoms with E-state index in [0.717, 1.165) is 12.8 Å². The third kappa shape index (κ3) is 5.74. The average molecular weight is 476 g/mol. The van der Waals surface area contributed by atoms with Crippen molar-refractivity contribution in [1.29, 1.82) is 0 Å². The summed E-state index contributed by atoms with van der Waals surface area (Å²) in [6, 6.07) is 6.33. The van der Waals surface area contributed by atoms with Gasteiger partial charge in [0.1, 0.15) is 11.6 Å². The Balaban J connectivity index is 1.97. The molecule has 2 aromatic rings. The molecule has 1 unspecified atom stereocenters. The number of carbonyl (C=O) groups excluding carboxylic acids is 1. The number of ether oxygens (including phenoxy) is 1. The van der Waals surface area contributed by atoms with E-state index in [1.807, 2.05) is 25.7 Å². The number of hydrogen-bond donors (Lipinski definition) is 2. The Morgan fingerprint density at radius 2 is 1.94 bits per heavy atom. The summed E-state index contributed by atoms with van der Waals surface area (Å²) in [6.45, 7) is 6.21. The van der Waals surface area contributed by atoms with Crippen LogP contribution in [-0.4, -0.2) is 53.2 Å². The molecule has 186 valence electrons. The third-order valence-electron chi connectivity index (χ3n) is 6.04. The molecule has 0 radical (unpaired) electrons. The number of benzene rings is 1. The maximum absolute atomic E-state index is 14.5. The van der Waals surface area contributed by atoms with Gasteiger partial charge >= 0.3 is 5.69 Å². The maximum Gasteiger partial charge on any atom is 0.330 e. The number of nitrogens with two attached hydrogens (primary N) is 1. The van der Waals surface area contributed by atoms with Gasteiger partial charge < -0.3 is 15.4 Å². The van der Waals surface area contributed by atoms with Crippen LogP contribution in [0.2, 0.25) is 0 Å². The number of aromatic nitrogens is 2. The zero-order valence-corrected chi connectivity index (χ0v) is 20.2. The minimum absolute atomic E-state index is 0.0356. The van der Waals surface area contributed by atoms with Crippen molar-refractivity contribution in [1.82, 2.24) is 14.5 Å². The molecule has 9 nitrogen and oxygen atoms in total. The molecular formula is C24H34FN5O4. The first-order chi connectivity index (χ1) is 16.1. The van der Waals surface area contributed by atoms with Crippen molar-refractivity contribution in [3.8, 4) is 0 Å². The molecule has 1 aliphatic carbocycles. The summed E-state index contributed by atoms with van der Waals surface area (Å²) in [6.07, 6.45) is 1.82. The van der Waals surface area contributed by atoms with Crippen LogP contribution in [-0.2, 0) is 16.1 Å². The fourth-order valence-electron chi connectivity index (χ4n) is 4.15. The van der Waals surface area contributed by atoms with Crippen molar-refractivity contribution in [3.05, 3.63) is 56.5 Å². The maximum atomic E-state index is 14.5. The van der Waals surface area contributed by atoms with Gasteiger partial charge in [-0.2, -0.15) is 0 Å². The molecule has 0 aliphatic heterocycles. The summed E-state index contributed by atoms with van der Waals surface area (Å²) in [5, 5.41) is 0. The van der Waals surface area contributed by atoms with Crippen molar-refractivity contribution in [2.45, 2.75) is 52.2 Å². The molecule has 1 atom stereocenters. The second-order valence-corrected chi connectivity index (χ2v) is 9.14. The van der Waals surface area contributed by atoms with Gasteiger partial charge in [-0.15, -0.1) is 0 Å². The van der Waals surface area contributed by atoms with Gasteiger partial charge in [0.05, 0.1) is 13.2 Å². The smallest absolute Gasteiger partial charge is 0.330 e. The highest BCUT2D eigenvalue weighted by Gasteiger charge is 2.36. The lowest BCUT2D eigenvalue weighted by Gasteiger charge is -2.32. The van der Waals surface area contributed by atoms with E-state index >= 15 is 0 Å². The molecule has 10 heteroatoms. The summed E-state index contributed by atoms with van der Waals surface area (Å²) in [7, 11) is 1.49. The van der Waals surface area contributed by atoms with Crippen molar-refractivity contribution >= 4 is 17.4 Å². The summed E-state index contributed by atoms with van der Waals surface area (Å²) < 4.78 is 20.9. The number of aromatic amines is 1. The lowest BCUT2D eigenvalue weighted by Crippen LogP contribution is -2.47. The van der Waals surface area contributed by atoms with Gasteiger partial charge in [-0.25, -0.2) is 9.18 Å². The molecule has 1 amide bonds. The highest BCUT2D eigenvalue weighted by molar-refractivity contribution is 5.97. The zero-order valence-electron chi connectivity index (χ0n) is 20.2. The molecule has 1 aliphatic rings. The van der Waals surface area contributed by atoms with Crippen LogP contribution < -0.4 is 21.9 Å². The summed E-state index contributed by atoms with van der Waals surface area (Å²) in [5.74, 6) is -0.675. The molecular weight excluding hydrogens is 441 g/mol. The number of halogens is 1. The summed E-state index contributed by atoms with van der Waals surface area (Å²) in [4.78, 5) is 44.2. The standard InChI is InChI=1S/C24H34FN5O4/c1-15(2)13-30-22(26)21(23(32)27-24(30)33)28(11-12-34-4)20(31)14-29(17-9-10-17)16(3)18-7-5-6-8-19(18)25/h5-8,15-17H,9-14,26H2,1-4H3,(H,27,32,33). The lowest BCUT2D eigenvalue weighted by atomic mass is 10.1. The van der Waals surface area contributed by atoms with E-state index in [-0.39, 0.29) is 60.9 Å². The van der Waals surface area contributed by atoms with Crippen LogP contribution in [0.4, 0.5) is 15.9 Å². The van der Waals surface area contributed by atoms with Gasteiger partial charge in [-0.3, -0.25) is 24.0 Å². The Bertz CT molecular complexity index is 1130. The van der Waals surface area contributed by atoms with Gasteiger partial charge in [0.2, 0.25) is 5.91 Å². The molecule has 0 spiro atoms. The molecule has 34 heavy (non-hydrogen) atoms. The predicted octanol–water partition coefficient (Wildman–Crippen LogP) is 2.12. The second-order valence-electron chi connectivity index (χ2n) is 9.14. The van der Waals surface area contributed by atoms with Crippen molar-refractivity contribution in [2.75, 3.05) is 37.4 Å². The number of amides is 1. The van der Waals surface area contributed by atoms with Gasteiger partial charge in [0.15, 0.2) is 5.69 Å². The van der Waals surface area contributed by atoms with E-state index in [1.165, 1.54) is 22.6 Å². The molecule has 1 aromatic heterocycles. The van der Waals surface area contributed by atoms with E-state index in [2.05, 4.69) is 4.98 Å². The van der Waals surface area contributed by atoms with E-state index in [0.29, 0.717) is 12.1 Å². The highest BCUT2D eigenvalue weighted by atomic mass is 19.1. The SMILES string of the molecule is COCCN(C(=O)CN(C1CC1)C(C)c1ccccc1F)c1c(N)n(CC(C)C)c(=O)[nH]c1=O. The third-order valence-corrected chi connectivity index (χ3v) is 6.04. The Kier molecular flexibility index (Phi) is 8.27. The van der Waals surface area contributed by atoms with Crippen LogP contribution in [0.25, 0.3) is 0 Å². The largest absolute Gasteiger partial charge is 0.383 e.